The summed E-state index contributed by atoms with van der Waals surface area (Å²) in [6.07, 6.45) is 19.9. The highest BCUT2D eigenvalue weighted by molar-refractivity contribution is 14.1. The van der Waals surface area contributed by atoms with Gasteiger partial charge < -0.3 is 5.73 Å². The molecule has 0 bridgehead atoms. The number of rotatable bonds is 17. The summed E-state index contributed by atoms with van der Waals surface area (Å²) in [5.74, 6) is 1.50. The molecule has 2 heteroatoms. The van der Waals surface area contributed by atoms with Crippen molar-refractivity contribution in [1.29, 1.82) is 0 Å². The first kappa shape index (κ1) is 23.4. The summed E-state index contributed by atoms with van der Waals surface area (Å²) >= 11 is 2.64. The van der Waals surface area contributed by atoms with Gasteiger partial charge in [-0.2, -0.15) is 0 Å². The van der Waals surface area contributed by atoms with Gasteiger partial charge >= 0.3 is 0 Å². The molecule has 0 aliphatic carbocycles. The van der Waals surface area contributed by atoms with Gasteiger partial charge in [-0.15, -0.1) is 6.58 Å². The van der Waals surface area contributed by atoms with Gasteiger partial charge in [0.15, 0.2) is 0 Å². The van der Waals surface area contributed by atoms with Crippen LogP contribution in [0.1, 0.15) is 97.3 Å². The molecule has 0 radical (unpaired) electrons. The van der Waals surface area contributed by atoms with Gasteiger partial charge in [-0.3, -0.25) is 0 Å². The Bertz CT molecular complexity index is 254. The van der Waals surface area contributed by atoms with Crippen LogP contribution >= 0.6 is 22.6 Å². The molecule has 0 aromatic rings. The van der Waals surface area contributed by atoms with E-state index in [4.69, 9.17) is 5.73 Å². The fourth-order valence-electron chi connectivity index (χ4n) is 3.35. The van der Waals surface area contributed by atoms with Crippen LogP contribution < -0.4 is 5.73 Å². The lowest BCUT2D eigenvalue weighted by Gasteiger charge is -2.20. The molecule has 0 aliphatic rings. The molecule has 0 aliphatic heterocycles. The maximum absolute atomic E-state index is 6.00. The maximum Gasteiger partial charge on any atom is 0.0115 e. The number of hydrogen-bond donors (Lipinski definition) is 1. The zero-order valence-electron chi connectivity index (χ0n) is 15.9. The minimum atomic E-state index is 0.734. The number of unbranched alkanes of at least 4 members (excludes halogenated alkanes) is 8. The molecule has 0 amide bonds. The Morgan fingerprint density at radius 1 is 0.957 bits per heavy atom. The molecule has 1 nitrogen and oxygen atoms in total. The Hall–Kier alpha value is 0.430. The van der Waals surface area contributed by atoms with Gasteiger partial charge in [-0.1, -0.05) is 100 Å². The van der Waals surface area contributed by atoms with Crippen molar-refractivity contribution in [3.8, 4) is 0 Å². The molecule has 138 valence electrons. The summed E-state index contributed by atoms with van der Waals surface area (Å²) < 4.78 is 0.773. The maximum atomic E-state index is 6.00. The number of alkyl halides is 1. The van der Waals surface area contributed by atoms with Gasteiger partial charge in [-0.05, 0) is 44.1 Å². The molecule has 2 N–H and O–H groups in total. The van der Waals surface area contributed by atoms with Crippen molar-refractivity contribution in [3.05, 3.63) is 12.7 Å². The minimum absolute atomic E-state index is 0.734. The highest BCUT2D eigenvalue weighted by Crippen LogP contribution is 2.25. The van der Waals surface area contributed by atoms with E-state index in [1.165, 1.54) is 77.0 Å². The van der Waals surface area contributed by atoms with E-state index in [0.717, 1.165) is 28.7 Å². The summed E-state index contributed by atoms with van der Waals surface area (Å²) in [6, 6.07) is 0. The summed E-state index contributed by atoms with van der Waals surface area (Å²) in [6.45, 7) is 9.34. The lowest BCUT2D eigenvalue weighted by Crippen LogP contribution is -2.19. The van der Waals surface area contributed by atoms with Crippen LogP contribution in [0.25, 0.3) is 0 Å². The Morgan fingerprint density at radius 3 is 2.04 bits per heavy atom. The topological polar surface area (TPSA) is 26.0 Å². The first-order valence-corrected chi connectivity index (χ1v) is 11.3. The van der Waals surface area contributed by atoms with Gasteiger partial charge in [0.2, 0.25) is 0 Å². The van der Waals surface area contributed by atoms with Crippen LogP contribution in [0.4, 0.5) is 0 Å². The number of halogens is 1. The Kier molecular flexibility index (Phi) is 17.6. The van der Waals surface area contributed by atoms with E-state index in [1.807, 2.05) is 0 Å². The second-order valence-electron chi connectivity index (χ2n) is 7.42. The van der Waals surface area contributed by atoms with Crippen LogP contribution in [-0.2, 0) is 0 Å². The van der Waals surface area contributed by atoms with Gasteiger partial charge in [0.25, 0.3) is 0 Å². The van der Waals surface area contributed by atoms with Crippen molar-refractivity contribution in [2.75, 3.05) is 6.54 Å². The molecule has 0 rings (SSSR count). The molecule has 0 heterocycles. The third kappa shape index (κ3) is 15.7. The molecular formula is C21H42IN. The molecule has 23 heavy (non-hydrogen) atoms. The molecule has 0 fully saturated rings. The zero-order valence-corrected chi connectivity index (χ0v) is 18.0. The monoisotopic (exact) mass is 435 g/mol. The summed E-state index contributed by atoms with van der Waals surface area (Å²) in [5, 5.41) is 0. The van der Waals surface area contributed by atoms with E-state index >= 15 is 0 Å². The standard InChI is InChI=1S/C21H42IN/c1-4-6-7-8-9-10-11-12-13-15-20(18-23)17-21(22)16-19(3)14-5-2/h5,19-21H,2,4,6-18,23H2,1,3H3. The number of allylic oxidation sites excluding steroid dienone is 1. The van der Waals surface area contributed by atoms with Gasteiger partial charge in [-0.25, -0.2) is 0 Å². The van der Waals surface area contributed by atoms with E-state index in [1.54, 1.807) is 0 Å². The van der Waals surface area contributed by atoms with Crippen molar-refractivity contribution in [3.63, 3.8) is 0 Å². The first-order chi connectivity index (χ1) is 11.1. The van der Waals surface area contributed by atoms with Crippen molar-refractivity contribution in [2.45, 2.75) is 101 Å². The predicted molar refractivity (Wildman–Crippen MR) is 115 cm³/mol. The van der Waals surface area contributed by atoms with E-state index < -0.39 is 0 Å². The largest absolute Gasteiger partial charge is 0.330 e. The van der Waals surface area contributed by atoms with Gasteiger partial charge in [0.05, 0.1) is 0 Å². The number of nitrogens with two attached hydrogens (primary N) is 1. The van der Waals surface area contributed by atoms with Crippen LogP contribution in [0.3, 0.4) is 0 Å². The molecule has 3 atom stereocenters. The fraction of sp³-hybridized carbons (Fsp3) is 0.905. The summed E-state index contributed by atoms with van der Waals surface area (Å²) in [5.41, 5.74) is 6.00. The van der Waals surface area contributed by atoms with Crippen LogP contribution in [0, 0.1) is 11.8 Å². The van der Waals surface area contributed by atoms with E-state index in [2.05, 4.69) is 49.1 Å². The molecule has 3 unspecified atom stereocenters. The molecule has 0 aromatic carbocycles. The van der Waals surface area contributed by atoms with Crippen molar-refractivity contribution in [2.24, 2.45) is 17.6 Å². The van der Waals surface area contributed by atoms with E-state index in [0.29, 0.717) is 0 Å². The zero-order chi connectivity index (χ0) is 17.3. The molecule has 0 saturated carbocycles. The Morgan fingerprint density at radius 2 is 1.52 bits per heavy atom. The minimum Gasteiger partial charge on any atom is -0.330 e. The van der Waals surface area contributed by atoms with Crippen molar-refractivity contribution < 1.29 is 0 Å². The van der Waals surface area contributed by atoms with Crippen LogP contribution in [0.15, 0.2) is 12.7 Å². The lowest BCUT2D eigenvalue weighted by atomic mass is 9.92. The van der Waals surface area contributed by atoms with Crippen molar-refractivity contribution >= 4 is 22.6 Å². The van der Waals surface area contributed by atoms with Gasteiger partial charge in [0, 0.05) is 3.92 Å². The molecule has 0 spiro atoms. The molecular weight excluding hydrogens is 393 g/mol. The third-order valence-electron chi connectivity index (χ3n) is 4.87. The fourth-order valence-corrected chi connectivity index (χ4v) is 4.94. The highest BCUT2D eigenvalue weighted by Gasteiger charge is 2.15. The van der Waals surface area contributed by atoms with E-state index in [9.17, 15) is 0 Å². The highest BCUT2D eigenvalue weighted by atomic mass is 127. The average Bonchev–Trinajstić information content (AvgIpc) is 2.52. The third-order valence-corrected chi connectivity index (χ3v) is 5.88. The molecule has 0 saturated heterocycles. The quantitative estimate of drug-likeness (QED) is 0.110. The lowest BCUT2D eigenvalue weighted by molar-refractivity contribution is 0.406. The predicted octanol–water partition coefficient (Wildman–Crippen LogP) is 7.28. The second kappa shape index (κ2) is 17.3. The Balaban J connectivity index is 3.59. The summed E-state index contributed by atoms with van der Waals surface area (Å²) in [4.78, 5) is 0. The average molecular weight is 435 g/mol. The van der Waals surface area contributed by atoms with Crippen LogP contribution in [0.5, 0.6) is 0 Å². The van der Waals surface area contributed by atoms with Gasteiger partial charge in [0.1, 0.15) is 0 Å². The van der Waals surface area contributed by atoms with Crippen molar-refractivity contribution in [1.82, 2.24) is 0 Å². The smallest absolute Gasteiger partial charge is 0.0115 e. The van der Waals surface area contributed by atoms with E-state index in [-0.39, 0.29) is 0 Å². The first-order valence-electron chi connectivity index (χ1n) is 10.1. The van der Waals surface area contributed by atoms with Crippen LogP contribution in [-0.4, -0.2) is 10.5 Å². The normalized spacial score (nSPS) is 15.3. The SMILES string of the molecule is C=CCC(C)CC(I)CC(CN)CCCCCCCCCCC. The Labute approximate surface area is 160 Å². The molecule has 0 aromatic heterocycles. The number of hydrogen-bond acceptors (Lipinski definition) is 1. The summed E-state index contributed by atoms with van der Waals surface area (Å²) in [7, 11) is 0. The second-order valence-corrected chi connectivity index (χ2v) is 9.18. The van der Waals surface area contributed by atoms with Crippen LogP contribution in [0.2, 0.25) is 0 Å².